The number of benzene rings is 2. The first kappa shape index (κ1) is 25.6. The highest BCUT2D eigenvalue weighted by Crippen LogP contribution is 2.42. The number of anilines is 1. The first-order chi connectivity index (χ1) is 18.8. The molecule has 0 spiro atoms. The number of rotatable bonds is 4. The Morgan fingerprint density at radius 1 is 1.10 bits per heavy atom. The molecule has 0 bridgehead atoms. The summed E-state index contributed by atoms with van der Waals surface area (Å²) in [5.41, 5.74) is 4.95. The van der Waals surface area contributed by atoms with Gasteiger partial charge in [-0.25, -0.2) is 9.59 Å². The second-order valence-electron chi connectivity index (χ2n) is 11.2. The topological polar surface area (TPSA) is 92.1 Å². The van der Waals surface area contributed by atoms with E-state index in [0.717, 1.165) is 33.6 Å². The molecule has 1 saturated heterocycles. The van der Waals surface area contributed by atoms with Crippen molar-refractivity contribution in [3.8, 4) is 17.1 Å². The van der Waals surface area contributed by atoms with E-state index in [9.17, 15) is 9.59 Å². The molecule has 1 unspecified atom stereocenters. The molecule has 3 aromatic rings. The van der Waals surface area contributed by atoms with E-state index >= 15 is 0 Å². The smallest absolute Gasteiger partial charge is 0.415 e. The number of carbonyl (C=O) groups excluding carboxylic acids is 1. The molecule has 9 nitrogen and oxygen atoms in total. The van der Waals surface area contributed by atoms with Crippen LogP contribution in [0.3, 0.4) is 0 Å². The number of hydrogen-bond donors (Lipinski definition) is 0. The minimum atomic E-state index is -0.601. The molecule has 9 heteroatoms. The van der Waals surface area contributed by atoms with Gasteiger partial charge in [0, 0.05) is 18.2 Å². The van der Waals surface area contributed by atoms with Crippen LogP contribution in [0.25, 0.3) is 11.3 Å². The molecule has 1 aromatic heterocycles. The highest BCUT2D eigenvalue weighted by molar-refractivity contribution is 5.92. The van der Waals surface area contributed by atoms with E-state index in [-0.39, 0.29) is 36.4 Å². The van der Waals surface area contributed by atoms with Crippen molar-refractivity contribution in [2.75, 3.05) is 31.3 Å². The molecular formula is C30H33N3O6. The zero-order valence-corrected chi connectivity index (χ0v) is 22.5. The lowest BCUT2D eigenvalue weighted by Crippen LogP contribution is -2.37. The van der Waals surface area contributed by atoms with Crippen LogP contribution in [0, 0.1) is 0 Å². The summed E-state index contributed by atoms with van der Waals surface area (Å²) in [4.78, 5) is 32.1. The predicted octanol–water partition coefficient (Wildman–Crippen LogP) is 4.30. The van der Waals surface area contributed by atoms with Crippen molar-refractivity contribution < 1.29 is 23.7 Å². The lowest BCUT2D eigenvalue weighted by Gasteiger charge is -2.30. The van der Waals surface area contributed by atoms with E-state index in [1.165, 1.54) is 0 Å². The SMILES string of the molecule is CC(C)(C)OC(=O)N1c2ccccc2CC1c1ccc2c(c1)CCn1c-2cc(OC[C@H]2COCCO2)nc1=O. The molecule has 0 radical (unpaired) electrons. The monoisotopic (exact) mass is 531 g/mol. The number of ether oxygens (including phenoxy) is 4. The average molecular weight is 532 g/mol. The fourth-order valence-electron chi connectivity index (χ4n) is 5.51. The Balaban J connectivity index is 1.30. The van der Waals surface area contributed by atoms with Crippen molar-refractivity contribution in [2.45, 2.75) is 57.9 Å². The number of fused-ring (bicyclic) bond motifs is 4. The van der Waals surface area contributed by atoms with Crippen molar-refractivity contribution in [3.05, 3.63) is 75.7 Å². The fraction of sp³-hybridized carbons (Fsp3) is 0.433. The van der Waals surface area contributed by atoms with Crippen molar-refractivity contribution >= 4 is 11.8 Å². The number of nitrogens with zero attached hydrogens (tertiary/aromatic N) is 3. The molecule has 6 rings (SSSR count). The third-order valence-corrected chi connectivity index (χ3v) is 7.25. The van der Waals surface area contributed by atoms with Crippen LogP contribution >= 0.6 is 0 Å². The largest absolute Gasteiger partial charge is 0.475 e. The highest BCUT2D eigenvalue weighted by atomic mass is 16.6. The Bertz CT molecular complexity index is 1450. The van der Waals surface area contributed by atoms with Gasteiger partial charge in [-0.2, -0.15) is 4.98 Å². The molecule has 0 aliphatic carbocycles. The summed E-state index contributed by atoms with van der Waals surface area (Å²) < 4.78 is 24.4. The summed E-state index contributed by atoms with van der Waals surface area (Å²) in [6, 6.07) is 15.9. The first-order valence-corrected chi connectivity index (χ1v) is 13.4. The maximum Gasteiger partial charge on any atom is 0.415 e. The van der Waals surface area contributed by atoms with Crippen molar-refractivity contribution in [2.24, 2.45) is 0 Å². The van der Waals surface area contributed by atoms with Crippen LogP contribution in [0.2, 0.25) is 0 Å². The molecule has 39 heavy (non-hydrogen) atoms. The first-order valence-electron chi connectivity index (χ1n) is 13.4. The van der Waals surface area contributed by atoms with Crippen molar-refractivity contribution in [3.63, 3.8) is 0 Å². The molecule has 2 aromatic carbocycles. The van der Waals surface area contributed by atoms with Gasteiger partial charge in [-0.1, -0.05) is 36.4 Å². The number of aromatic nitrogens is 2. The molecule has 204 valence electrons. The fourth-order valence-corrected chi connectivity index (χ4v) is 5.51. The Kier molecular flexibility index (Phi) is 6.64. The molecule has 0 N–H and O–H groups in total. The van der Waals surface area contributed by atoms with Crippen molar-refractivity contribution in [1.29, 1.82) is 0 Å². The summed E-state index contributed by atoms with van der Waals surface area (Å²) in [5.74, 6) is 0.277. The third-order valence-electron chi connectivity index (χ3n) is 7.25. The minimum Gasteiger partial charge on any atom is -0.475 e. The second-order valence-corrected chi connectivity index (χ2v) is 11.2. The highest BCUT2D eigenvalue weighted by Gasteiger charge is 2.37. The molecular weight excluding hydrogens is 498 g/mol. The minimum absolute atomic E-state index is 0.180. The Labute approximate surface area is 227 Å². The third kappa shape index (κ3) is 5.16. The standard InChI is InChI=1S/C30H33N3O6/c1-30(2,3)39-29(35)33-24-7-5-4-6-20(24)15-25(33)21-8-9-23-19(14-21)10-11-32-26(23)16-27(31-28(32)34)38-18-22-17-36-12-13-37-22/h4-9,14,16,22,25H,10-13,15,17-18H2,1-3H3/t22-,25?/m1/s1. The molecule has 3 aliphatic rings. The van der Waals surface area contributed by atoms with Gasteiger partial charge in [0.25, 0.3) is 0 Å². The van der Waals surface area contributed by atoms with Gasteiger partial charge in [-0.3, -0.25) is 9.47 Å². The van der Waals surface area contributed by atoms with Crippen LogP contribution in [-0.2, 0) is 33.6 Å². The number of para-hydroxylation sites is 1. The maximum absolute atomic E-state index is 13.3. The van der Waals surface area contributed by atoms with Crippen LogP contribution in [0.15, 0.2) is 53.3 Å². The van der Waals surface area contributed by atoms with E-state index in [2.05, 4.69) is 17.1 Å². The maximum atomic E-state index is 13.3. The number of hydrogen-bond acceptors (Lipinski definition) is 7. The molecule has 0 saturated carbocycles. The van der Waals surface area contributed by atoms with E-state index < -0.39 is 5.60 Å². The van der Waals surface area contributed by atoms with E-state index in [1.54, 1.807) is 9.47 Å². The molecule has 1 amide bonds. The second kappa shape index (κ2) is 10.1. The zero-order valence-electron chi connectivity index (χ0n) is 22.5. The number of carbonyl (C=O) groups is 1. The predicted molar refractivity (Wildman–Crippen MR) is 145 cm³/mol. The van der Waals surface area contributed by atoms with E-state index in [1.807, 2.05) is 57.2 Å². The van der Waals surface area contributed by atoms with Crippen LogP contribution in [0.5, 0.6) is 5.88 Å². The molecule has 3 aliphatic heterocycles. The molecule has 4 heterocycles. The number of amides is 1. The quantitative estimate of drug-likeness (QED) is 0.496. The van der Waals surface area contributed by atoms with Gasteiger partial charge in [0.1, 0.15) is 18.3 Å². The van der Waals surface area contributed by atoms with Gasteiger partial charge < -0.3 is 18.9 Å². The molecule has 2 atom stereocenters. The summed E-state index contributed by atoms with van der Waals surface area (Å²) in [5, 5.41) is 0. The van der Waals surface area contributed by atoms with Crippen LogP contribution < -0.4 is 15.3 Å². The van der Waals surface area contributed by atoms with Crippen LogP contribution in [0.1, 0.15) is 43.5 Å². The Morgan fingerprint density at radius 2 is 1.95 bits per heavy atom. The van der Waals surface area contributed by atoms with Gasteiger partial charge in [0.15, 0.2) is 0 Å². The van der Waals surface area contributed by atoms with Crippen LogP contribution in [-0.4, -0.2) is 53.8 Å². The van der Waals surface area contributed by atoms with Gasteiger partial charge in [-0.15, -0.1) is 0 Å². The lowest BCUT2D eigenvalue weighted by molar-refractivity contribution is -0.102. The average Bonchev–Trinajstić information content (AvgIpc) is 3.31. The lowest BCUT2D eigenvalue weighted by atomic mass is 9.92. The van der Waals surface area contributed by atoms with Gasteiger partial charge >= 0.3 is 11.8 Å². The summed E-state index contributed by atoms with van der Waals surface area (Å²) in [6.45, 7) is 8.00. The number of aryl methyl sites for hydroxylation is 1. The summed E-state index contributed by atoms with van der Waals surface area (Å²) in [6.07, 6.45) is 0.862. The van der Waals surface area contributed by atoms with E-state index in [0.29, 0.717) is 39.2 Å². The van der Waals surface area contributed by atoms with E-state index in [4.69, 9.17) is 18.9 Å². The Hall–Kier alpha value is -3.69. The summed E-state index contributed by atoms with van der Waals surface area (Å²) >= 11 is 0. The van der Waals surface area contributed by atoms with Crippen LogP contribution in [0.4, 0.5) is 10.5 Å². The Morgan fingerprint density at radius 3 is 2.74 bits per heavy atom. The van der Waals surface area contributed by atoms with Crippen molar-refractivity contribution in [1.82, 2.24) is 9.55 Å². The summed E-state index contributed by atoms with van der Waals surface area (Å²) in [7, 11) is 0. The normalized spacial score (nSPS) is 20.1. The molecule has 1 fully saturated rings. The zero-order chi connectivity index (χ0) is 27.1. The van der Waals surface area contributed by atoms with Gasteiger partial charge in [0.2, 0.25) is 5.88 Å². The van der Waals surface area contributed by atoms with Gasteiger partial charge in [0.05, 0.1) is 37.2 Å². The van der Waals surface area contributed by atoms with Gasteiger partial charge in [-0.05, 0) is 56.4 Å².